The zero-order valence-electron chi connectivity index (χ0n) is 26.5. The van der Waals surface area contributed by atoms with Crippen LogP contribution in [0.2, 0.25) is 0 Å². The first-order chi connectivity index (χ1) is 23.9. The van der Waals surface area contributed by atoms with Crippen molar-refractivity contribution in [1.82, 2.24) is 13.9 Å². The third-order valence-corrected chi connectivity index (χ3v) is 10.6. The molecule has 12 heteroatoms. The van der Waals surface area contributed by atoms with Crippen LogP contribution >= 0.6 is 0 Å². The first-order valence-electron chi connectivity index (χ1n) is 16.0. The molecule has 3 aromatic carbocycles. The zero-order valence-corrected chi connectivity index (χ0v) is 27.3. The summed E-state index contributed by atoms with van der Waals surface area (Å²) in [6, 6.07) is 29.1. The van der Waals surface area contributed by atoms with Gasteiger partial charge in [0.1, 0.15) is 24.3 Å². The highest BCUT2D eigenvalue weighted by Gasteiger charge is 2.29. The number of amides is 1. The molecular weight excluding hydrogens is 641 g/mol. The van der Waals surface area contributed by atoms with E-state index >= 15 is 0 Å². The molecule has 0 saturated carbocycles. The smallest absolute Gasteiger partial charge is 0.269 e. The number of carbonyl (C=O) groups is 1. The number of hydrogen-bond donors (Lipinski definition) is 0. The van der Waals surface area contributed by atoms with Crippen LogP contribution in [-0.2, 0) is 19.6 Å². The van der Waals surface area contributed by atoms with Crippen LogP contribution in [0.25, 0.3) is 33.4 Å². The quantitative estimate of drug-likeness (QED) is 0.217. The maximum absolute atomic E-state index is 14.3. The predicted octanol–water partition coefficient (Wildman–Crippen LogP) is 5.21. The van der Waals surface area contributed by atoms with Gasteiger partial charge in [-0.2, -0.15) is 10.5 Å². The number of pyridine rings is 1. The Morgan fingerprint density at radius 2 is 1.69 bits per heavy atom. The van der Waals surface area contributed by atoms with Gasteiger partial charge in [-0.15, -0.1) is 0 Å². The lowest BCUT2D eigenvalue weighted by Gasteiger charge is -2.28. The van der Waals surface area contributed by atoms with E-state index in [4.69, 9.17) is 14.7 Å². The lowest BCUT2D eigenvalue weighted by Crippen LogP contribution is -2.36. The summed E-state index contributed by atoms with van der Waals surface area (Å²) >= 11 is 0. The summed E-state index contributed by atoms with van der Waals surface area (Å²) in [6.07, 6.45) is 1.68. The van der Waals surface area contributed by atoms with Crippen LogP contribution in [0.3, 0.4) is 0 Å². The fraction of sp³-hybridized carbons (Fsp3) is 0.243. The Morgan fingerprint density at radius 3 is 2.43 bits per heavy atom. The SMILES string of the molecule is N#CCC(=O)N1CCC(Oc2ccc(-c3ccnc4c3cc(-c3ccc(N5CCOCC5)cc3)n4S(=O)(=O)c3ccccc3)cc2C#N)C1. The van der Waals surface area contributed by atoms with E-state index in [1.165, 1.54) is 3.97 Å². The van der Waals surface area contributed by atoms with E-state index in [0.29, 0.717) is 71.8 Å². The van der Waals surface area contributed by atoms with E-state index in [2.05, 4.69) is 16.0 Å². The van der Waals surface area contributed by atoms with Gasteiger partial charge in [-0.25, -0.2) is 17.4 Å². The van der Waals surface area contributed by atoms with Gasteiger partial charge in [-0.1, -0.05) is 36.4 Å². The van der Waals surface area contributed by atoms with Crippen molar-refractivity contribution in [3.05, 3.63) is 96.7 Å². The number of hydrogen-bond acceptors (Lipinski definition) is 9. The van der Waals surface area contributed by atoms with Gasteiger partial charge in [-0.05, 0) is 65.2 Å². The largest absolute Gasteiger partial charge is 0.487 e. The molecule has 0 N–H and O–H groups in total. The maximum atomic E-state index is 14.3. The van der Waals surface area contributed by atoms with E-state index < -0.39 is 10.0 Å². The molecule has 4 heterocycles. The lowest BCUT2D eigenvalue weighted by atomic mass is 10.0. The molecule has 2 aromatic heterocycles. The number of benzene rings is 3. The molecular formula is C37H32N6O5S. The fourth-order valence-electron chi connectivity index (χ4n) is 6.43. The fourth-order valence-corrected chi connectivity index (χ4v) is 7.93. The Hall–Kier alpha value is -5.69. The number of anilines is 1. The molecule has 0 aliphatic carbocycles. The van der Waals surface area contributed by atoms with Crippen LogP contribution in [0.5, 0.6) is 5.75 Å². The second kappa shape index (κ2) is 13.4. The molecule has 2 aliphatic heterocycles. The minimum Gasteiger partial charge on any atom is -0.487 e. The van der Waals surface area contributed by atoms with Gasteiger partial charge in [-0.3, -0.25) is 4.79 Å². The van der Waals surface area contributed by atoms with Gasteiger partial charge in [0, 0.05) is 43.3 Å². The third kappa shape index (κ3) is 6.20. The number of nitrogens with zero attached hydrogens (tertiary/aromatic N) is 6. The number of fused-ring (bicyclic) bond motifs is 1. The van der Waals surface area contributed by atoms with Crippen molar-refractivity contribution in [1.29, 1.82) is 10.5 Å². The maximum Gasteiger partial charge on any atom is 0.269 e. The van der Waals surface area contributed by atoms with E-state index in [1.807, 2.05) is 42.5 Å². The molecule has 2 fully saturated rings. The minimum absolute atomic E-state index is 0.138. The van der Waals surface area contributed by atoms with Gasteiger partial charge < -0.3 is 19.3 Å². The monoisotopic (exact) mass is 672 g/mol. The van der Waals surface area contributed by atoms with Crippen LogP contribution in [0.1, 0.15) is 18.4 Å². The van der Waals surface area contributed by atoms with E-state index in [1.54, 1.807) is 59.6 Å². The summed E-state index contributed by atoms with van der Waals surface area (Å²) in [7, 11) is -4.07. The molecule has 1 atom stereocenters. The number of carbonyl (C=O) groups excluding carboxylic acids is 1. The molecule has 5 aromatic rings. The normalized spacial score (nSPS) is 16.3. The predicted molar refractivity (Wildman–Crippen MR) is 183 cm³/mol. The number of likely N-dealkylation sites (tertiary alicyclic amines) is 1. The lowest BCUT2D eigenvalue weighted by molar-refractivity contribution is -0.129. The summed E-state index contributed by atoms with van der Waals surface area (Å²) in [5, 5.41) is 19.6. The molecule has 2 saturated heterocycles. The molecule has 0 spiro atoms. The van der Waals surface area contributed by atoms with Crippen molar-refractivity contribution >= 4 is 32.7 Å². The van der Waals surface area contributed by atoms with Crippen LogP contribution in [-0.4, -0.2) is 73.7 Å². The van der Waals surface area contributed by atoms with Gasteiger partial charge in [0.2, 0.25) is 5.91 Å². The molecule has 246 valence electrons. The van der Waals surface area contributed by atoms with E-state index in [0.717, 1.165) is 18.8 Å². The molecule has 0 bridgehead atoms. The van der Waals surface area contributed by atoms with Crippen LogP contribution in [0.15, 0.2) is 96.0 Å². The molecule has 1 amide bonds. The van der Waals surface area contributed by atoms with Crippen LogP contribution < -0.4 is 9.64 Å². The zero-order chi connectivity index (χ0) is 34.0. The molecule has 7 rings (SSSR count). The van der Waals surface area contributed by atoms with Crippen molar-refractivity contribution in [2.24, 2.45) is 0 Å². The third-order valence-electron chi connectivity index (χ3n) is 8.91. The number of nitriles is 2. The second-order valence-electron chi connectivity index (χ2n) is 11.9. The highest BCUT2D eigenvalue weighted by molar-refractivity contribution is 7.90. The number of ether oxygens (including phenoxy) is 2. The second-order valence-corrected chi connectivity index (χ2v) is 13.7. The molecule has 49 heavy (non-hydrogen) atoms. The Labute approximate surface area is 284 Å². The van der Waals surface area contributed by atoms with E-state index in [9.17, 15) is 18.5 Å². The number of morpholine rings is 1. The standard InChI is InChI=1S/C37H32N6O5S/c38-15-12-36(44)42-17-14-30(25-42)48-35-11-8-27(22-28(35)24-39)32-13-16-40-37-33(32)23-34(43(37)49(45,46)31-4-2-1-3-5-31)26-6-9-29(10-7-26)41-18-20-47-21-19-41/h1-11,13,16,22-23,30H,12,14,17-21,25H2. The summed E-state index contributed by atoms with van der Waals surface area (Å²) in [6.45, 7) is 3.71. The van der Waals surface area contributed by atoms with Crippen molar-refractivity contribution in [2.75, 3.05) is 44.3 Å². The first kappa shape index (κ1) is 31.9. The number of aromatic nitrogens is 2. The molecule has 0 radical (unpaired) electrons. The summed E-state index contributed by atoms with van der Waals surface area (Å²) < 4.78 is 41.5. The van der Waals surface area contributed by atoms with Gasteiger partial charge in [0.25, 0.3) is 10.0 Å². The average molecular weight is 673 g/mol. The van der Waals surface area contributed by atoms with Crippen molar-refractivity contribution < 1.29 is 22.7 Å². The molecule has 2 aliphatic rings. The highest BCUT2D eigenvalue weighted by atomic mass is 32.2. The molecule has 11 nitrogen and oxygen atoms in total. The summed E-state index contributed by atoms with van der Waals surface area (Å²) in [5.41, 5.74) is 4.17. The van der Waals surface area contributed by atoms with Crippen LogP contribution in [0, 0.1) is 22.7 Å². The van der Waals surface area contributed by atoms with Crippen molar-refractivity contribution in [3.8, 4) is 40.3 Å². The average Bonchev–Trinajstić information content (AvgIpc) is 3.78. The topological polar surface area (TPSA) is 142 Å². The summed E-state index contributed by atoms with van der Waals surface area (Å²) in [4.78, 5) is 20.7. The Kier molecular flexibility index (Phi) is 8.74. The van der Waals surface area contributed by atoms with Gasteiger partial charge in [0.15, 0.2) is 5.65 Å². The minimum atomic E-state index is -4.07. The Bertz CT molecular complexity index is 2220. The van der Waals surface area contributed by atoms with Crippen LogP contribution in [0.4, 0.5) is 5.69 Å². The van der Waals surface area contributed by atoms with Crippen molar-refractivity contribution in [3.63, 3.8) is 0 Å². The summed E-state index contributed by atoms with van der Waals surface area (Å²) in [5.74, 6) is 0.154. The van der Waals surface area contributed by atoms with E-state index in [-0.39, 0.29) is 29.0 Å². The highest BCUT2D eigenvalue weighted by Crippen LogP contribution is 2.38. The van der Waals surface area contributed by atoms with Gasteiger partial charge >= 0.3 is 0 Å². The van der Waals surface area contributed by atoms with Gasteiger partial charge in [0.05, 0.1) is 42.0 Å². The van der Waals surface area contributed by atoms with Crippen molar-refractivity contribution in [2.45, 2.75) is 23.8 Å². The Morgan fingerprint density at radius 1 is 0.939 bits per heavy atom. The Balaban J connectivity index is 1.28. The number of rotatable bonds is 8. The first-order valence-corrected chi connectivity index (χ1v) is 17.4. The molecule has 1 unspecified atom stereocenters.